The Morgan fingerprint density at radius 2 is 2.11 bits per heavy atom. The van der Waals surface area contributed by atoms with Crippen LogP contribution in [0.1, 0.15) is 28.2 Å². The number of aryl methyl sites for hydroxylation is 1. The molecular formula is C13H16N4S. The van der Waals surface area contributed by atoms with E-state index < -0.39 is 0 Å². The molecule has 0 aromatic carbocycles. The number of pyridine rings is 1. The van der Waals surface area contributed by atoms with E-state index in [9.17, 15) is 0 Å². The van der Waals surface area contributed by atoms with Gasteiger partial charge in [0.05, 0.1) is 12.2 Å². The van der Waals surface area contributed by atoms with Crippen LogP contribution in [0.25, 0.3) is 0 Å². The molecule has 0 aliphatic rings. The number of rotatable bonds is 3. The molecule has 0 aliphatic heterocycles. The molecule has 4 nitrogen and oxygen atoms in total. The second-order valence-corrected chi connectivity index (χ2v) is 4.77. The molecule has 2 aromatic heterocycles. The van der Waals surface area contributed by atoms with Crippen molar-refractivity contribution in [2.24, 2.45) is 5.73 Å². The zero-order chi connectivity index (χ0) is 13.3. The number of hydrogen-bond acceptors (Lipinski definition) is 3. The highest BCUT2D eigenvalue weighted by Crippen LogP contribution is 2.14. The van der Waals surface area contributed by atoms with Crippen molar-refractivity contribution < 1.29 is 0 Å². The van der Waals surface area contributed by atoms with Gasteiger partial charge in [-0.25, -0.2) is 0 Å². The predicted octanol–water partition coefficient (Wildman–Crippen LogP) is 1.89. The van der Waals surface area contributed by atoms with Crippen LogP contribution in [0.15, 0.2) is 18.3 Å². The minimum absolute atomic E-state index is 0.323. The van der Waals surface area contributed by atoms with Gasteiger partial charge in [-0.3, -0.25) is 9.67 Å². The molecule has 0 saturated carbocycles. The third kappa shape index (κ3) is 2.26. The summed E-state index contributed by atoms with van der Waals surface area (Å²) in [6, 6.07) is 3.86. The first kappa shape index (κ1) is 12.7. The van der Waals surface area contributed by atoms with Gasteiger partial charge in [0, 0.05) is 17.5 Å². The van der Waals surface area contributed by atoms with Crippen LogP contribution < -0.4 is 5.73 Å². The van der Waals surface area contributed by atoms with Gasteiger partial charge in [0.15, 0.2) is 0 Å². The van der Waals surface area contributed by atoms with E-state index in [4.69, 9.17) is 18.0 Å². The molecule has 5 heteroatoms. The van der Waals surface area contributed by atoms with Crippen molar-refractivity contribution in [3.05, 3.63) is 46.5 Å². The van der Waals surface area contributed by atoms with Crippen LogP contribution in [0, 0.1) is 20.8 Å². The number of nitrogens with two attached hydrogens (primary N) is 1. The largest absolute Gasteiger partial charge is 0.388 e. The normalized spacial score (nSPS) is 10.6. The molecule has 0 amide bonds. The fourth-order valence-electron chi connectivity index (χ4n) is 1.89. The van der Waals surface area contributed by atoms with Crippen LogP contribution in [0.2, 0.25) is 0 Å². The number of hydrogen-bond donors (Lipinski definition) is 1. The topological polar surface area (TPSA) is 56.7 Å². The molecule has 0 unspecified atom stereocenters. The van der Waals surface area contributed by atoms with Gasteiger partial charge in [0.2, 0.25) is 0 Å². The lowest BCUT2D eigenvalue weighted by Gasteiger charge is -2.08. The van der Waals surface area contributed by atoms with Crippen LogP contribution >= 0.6 is 12.2 Å². The minimum Gasteiger partial charge on any atom is -0.388 e. The van der Waals surface area contributed by atoms with E-state index in [0.717, 1.165) is 17.0 Å². The van der Waals surface area contributed by atoms with Gasteiger partial charge in [-0.15, -0.1) is 0 Å². The molecule has 18 heavy (non-hydrogen) atoms. The van der Waals surface area contributed by atoms with Crippen molar-refractivity contribution in [2.75, 3.05) is 0 Å². The van der Waals surface area contributed by atoms with Gasteiger partial charge in [-0.1, -0.05) is 18.3 Å². The van der Waals surface area contributed by atoms with Gasteiger partial charge in [-0.05, 0) is 32.4 Å². The first-order valence-corrected chi connectivity index (χ1v) is 6.16. The van der Waals surface area contributed by atoms with Crippen LogP contribution in [0.3, 0.4) is 0 Å². The number of aromatic nitrogens is 3. The smallest absolute Gasteiger partial charge is 0.123 e. The monoisotopic (exact) mass is 260 g/mol. The summed E-state index contributed by atoms with van der Waals surface area (Å²) in [5.74, 6) is 0. The lowest BCUT2D eigenvalue weighted by molar-refractivity contribution is 0.656. The second-order valence-electron chi connectivity index (χ2n) is 4.33. The number of thiocarbonyl (C=S) groups is 1. The van der Waals surface area contributed by atoms with E-state index in [-0.39, 0.29) is 0 Å². The zero-order valence-corrected chi connectivity index (χ0v) is 11.6. The average Bonchev–Trinajstić information content (AvgIpc) is 2.57. The third-order valence-electron chi connectivity index (χ3n) is 3.19. The van der Waals surface area contributed by atoms with Gasteiger partial charge in [0.1, 0.15) is 10.7 Å². The van der Waals surface area contributed by atoms with E-state index in [1.165, 1.54) is 5.56 Å². The highest BCUT2D eigenvalue weighted by Gasteiger charge is 2.11. The lowest BCUT2D eigenvalue weighted by Crippen LogP contribution is -2.16. The first-order valence-electron chi connectivity index (χ1n) is 5.75. The predicted molar refractivity (Wildman–Crippen MR) is 75.7 cm³/mol. The summed E-state index contributed by atoms with van der Waals surface area (Å²) < 4.78 is 1.96. The molecule has 0 fully saturated rings. The van der Waals surface area contributed by atoms with Gasteiger partial charge in [-0.2, -0.15) is 5.10 Å². The van der Waals surface area contributed by atoms with E-state index in [0.29, 0.717) is 17.2 Å². The Balaban J connectivity index is 2.40. The molecular weight excluding hydrogens is 244 g/mol. The molecule has 0 aliphatic carbocycles. The molecule has 0 radical (unpaired) electrons. The Morgan fingerprint density at radius 3 is 2.67 bits per heavy atom. The standard InChI is InChI=1S/C13H16N4S/c1-8-9(2)16-17(10(8)3)7-11-5-4-6-15-12(11)13(14)18/h4-6H,7H2,1-3H3,(H2,14,18). The van der Waals surface area contributed by atoms with E-state index in [1.807, 2.05) is 23.7 Å². The maximum atomic E-state index is 5.68. The highest BCUT2D eigenvalue weighted by molar-refractivity contribution is 7.80. The van der Waals surface area contributed by atoms with Crippen LogP contribution in [0.4, 0.5) is 0 Å². The maximum absolute atomic E-state index is 5.68. The van der Waals surface area contributed by atoms with Crippen LogP contribution in [-0.2, 0) is 6.54 Å². The molecule has 0 atom stereocenters. The molecule has 2 heterocycles. The summed E-state index contributed by atoms with van der Waals surface area (Å²) in [5.41, 5.74) is 10.8. The van der Waals surface area contributed by atoms with E-state index in [1.54, 1.807) is 6.20 Å². The second kappa shape index (κ2) is 4.86. The molecule has 94 valence electrons. The summed E-state index contributed by atoms with van der Waals surface area (Å²) >= 11 is 5.02. The van der Waals surface area contributed by atoms with Crippen molar-refractivity contribution >= 4 is 17.2 Å². The highest BCUT2D eigenvalue weighted by atomic mass is 32.1. The average molecular weight is 260 g/mol. The zero-order valence-electron chi connectivity index (χ0n) is 10.8. The number of nitrogens with zero attached hydrogens (tertiary/aromatic N) is 3. The fraction of sp³-hybridized carbons (Fsp3) is 0.308. The van der Waals surface area contributed by atoms with Crippen molar-refractivity contribution in [1.82, 2.24) is 14.8 Å². The lowest BCUT2D eigenvalue weighted by atomic mass is 10.2. The molecule has 0 bridgehead atoms. The summed E-state index contributed by atoms with van der Waals surface area (Å²) in [5, 5.41) is 4.51. The Morgan fingerprint density at radius 1 is 1.39 bits per heavy atom. The van der Waals surface area contributed by atoms with Gasteiger partial charge in [0.25, 0.3) is 0 Å². The summed E-state index contributed by atoms with van der Waals surface area (Å²) in [7, 11) is 0. The van der Waals surface area contributed by atoms with Crippen molar-refractivity contribution in [2.45, 2.75) is 27.3 Å². The fourth-order valence-corrected chi connectivity index (χ4v) is 2.07. The third-order valence-corrected chi connectivity index (χ3v) is 3.38. The SMILES string of the molecule is Cc1nn(Cc2cccnc2C(N)=S)c(C)c1C. The quantitative estimate of drug-likeness (QED) is 0.856. The van der Waals surface area contributed by atoms with E-state index >= 15 is 0 Å². The van der Waals surface area contributed by atoms with Crippen molar-refractivity contribution in [1.29, 1.82) is 0 Å². The van der Waals surface area contributed by atoms with Gasteiger partial charge < -0.3 is 5.73 Å². The van der Waals surface area contributed by atoms with Crippen LogP contribution in [0.5, 0.6) is 0 Å². The minimum atomic E-state index is 0.323. The Labute approximate surface area is 112 Å². The Hall–Kier alpha value is -1.75. The maximum Gasteiger partial charge on any atom is 0.123 e. The molecule has 0 spiro atoms. The van der Waals surface area contributed by atoms with Crippen molar-refractivity contribution in [3.63, 3.8) is 0 Å². The van der Waals surface area contributed by atoms with Crippen LogP contribution in [-0.4, -0.2) is 19.8 Å². The first-order chi connectivity index (χ1) is 8.50. The van der Waals surface area contributed by atoms with Gasteiger partial charge >= 0.3 is 0 Å². The molecule has 0 saturated heterocycles. The summed E-state index contributed by atoms with van der Waals surface area (Å²) in [4.78, 5) is 4.55. The van der Waals surface area contributed by atoms with Crippen molar-refractivity contribution in [3.8, 4) is 0 Å². The molecule has 2 rings (SSSR count). The van der Waals surface area contributed by atoms with E-state index in [2.05, 4.69) is 23.9 Å². The summed E-state index contributed by atoms with van der Waals surface area (Å²) in [6.07, 6.45) is 1.70. The Kier molecular flexibility index (Phi) is 3.43. The summed E-state index contributed by atoms with van der Waals surface area (Å²) in [6.45, 7) is 6.79. The molecule has 2 N–H and O–H groups in total. The Bertz CT molecular complexity index is 601. The molecule has 2 aromatic rings.